The minimum atomic E-state index is -0.729. The van der Waals surface area contributed by atoms with Gasteiger partial charge in [-0.1, -0.05) is 0 Å². The fraction of sp³-hybridized carbons (Fsp3) is 0.471. The first kappa shape index (κ1) is 19.5. The molecule has 1 aliphatic heterocycles. The molecule has 0 spiro atoms. The van der Waals surface area contributed by atoms with Gasteiger partial charge in [0, 0.05) is 24.8 Å². The van der Waals surface area contributed by atoms with E-state index in [-0.39, 0.29) is 24.8 Å². The third-order valence-electron chi connectivity index (χ3n) is 4.04. The average molecular weight is 365 g/mol. The molecule has 2 amide bonds. The van der Waals surface area contributed by atoms with E-state index in [0.717, 1.165) is 0 Å². The Morgan fingerprint density at radius 1 is 1.23 bits per heavy atom. The molecule has 1 aromatic carbocycles. The van der Waals surface area contributed by atoms with Gasteiger partial charge >= 0.3 is 5.97 Å². The highest BCUT2D eigenvalue weighted by Crippen LogP contribution is 2.29. The second-order valence-corrected chi connectivity index (χ2v) is 5.68. The quantitative estimate of drug-likeness (QED) is 0.656. The monoisotopic (exact) mass is 365 g/mol. The van der Waals surface area contributed by atoms with Crippen molar-refractivity contribution in [2.24, 2.45) is 0 Å². The minimum Gasteiger partial charge on any atom is -0.493 e. The average Bonchev–Trinajstić information content (AvgIpc) is 2.64. The number of anilines is 1. The molecular formula is C17H23N3O6. The summed E-state index contributed by atoms with van der Waals surface area (Å²) < 4.78 is 15.0. The normalized spacial score (nSPS) is 17.2. The van der Waals surface area contributed by atoms with Crippen LogP contribution in [-0.4, -0.2) is 69.7 Å². The third kappa shape index (κ3) is 4.85. The lowest BCUT2D eigenvalue weighted by molar-refractivity contribution is -0.146. The number of carbonyl (C=O) groups is 3. The number of esters is 1. The van der Waals surface area contributed by atoms with Crippen LogP contribution in [0.3, 0.4) is 0 Å². The van der Waals surface area contributed by atoms with Gasteiger partial charge in [-0.3, -0.25) is 19.3 Å². The van der Waals surface area contributed by atoms with E-state index in [0.29, 0.717) is 30.3 Å². The Hall–Kier alpha value is -2.81. The fourth-order valence-electron chi connectivity index (χ4n) is 2.71. The molecule has 1 heterocycles. The van der Waals surface area contributed by atoms with Crippen LogP contribution in [0.1, 0.15) is 6.42 Å². The Balaban J connectivity index is 2.03. The number of methoxy groups -OCH3 is 3. The van der Waals surface area contributed by atoms with Crippen molar-refractivity contribution in [1.29, 1.82) is 0 Å². The van der Waals surface area contributed by atoms with Crippen LogP contribution in [-0.2, 0) is 19.1 Å². The Morgan fingerprint density at radius 3 is 2.62 bits per heavy atom. The van der Waals surface area contributed by atoms with Crippen molar-refractivity contribution in [2.45, 2.75) is 12.5 Å². The predicted octanol–water partition coefficient (Wildman–Crippen LogP) is 0.00580. The van der Waals surface area contributed by atoms with E-state index in [1.807, 2.05) is 0 Å². The van der Waals surface area contributed by atoms with Crippen molar-refractivity contribution in [2.75, 3.05) is 46.3 Å². The zero-order valence-electron chi connectivity index (χ0n) is 15.0. The van der Waals surface area contributed by atoms with E-state index in [1.165, 1.54) is 21.3 Å². The number of rotatable bonds is 7. The van der Waals surface area contributed by atoms with Crippen molar-refractivity contribution < 1.29 is 28.6 Å². The van der Waals surface area contributed by atoms with Crippen LogP contribution in [0.2, 0.25) is 0 Å². The van der Waals surface area contributed by atoms with E-state index in [9.17, 15) is 14.4 Å². The summed E-state index contributed by atoms with van der Waals surface area (Å²) in [5, 5.41) is 5.45. The van der Waals surface area contributed by atoms with Gasteiger partial charge in [-0.05, 0) is 12.1 Å². The number of hydrogen-bond acceptors (Lipinski definition) is 7. The molecule has 9 nitrogen and oxygen atoms in total. The number of hydrogen-bond donors (Lipinski definition) is 2. The molecule has 0 saturated carbocycles. The molecule has 0 unspecified atom stereocenters. The van der Waals surface area contributed by atoms with Gasteiger partial charge in [0.05, 0.1) is 34.3 Å². The van der Waals surface area contributed by atoms with Gasteiger partial charge < -0.3 is 24.8 Å². The molecule has 1 aromatic rings. The molecule has 0 radical (unpaired) electrons. The first-order valence-electron chi connectivity index (χ1n) is 8.09. The zero-order valence-corrected chi connectivity index (χ0v) is 15.0. The van der Waals surface area contributed by atoms with Gasteiger partial charge in [0.2, 0.25) is 11.8 Å². The maximum absolute atomic E-state index is 12.4. The second kappa shape index (κ2) is 9.04. The third-order valence-corrected chi connectivity index (χ3v) is 4.04. The van der Waals surface area contributed by atoms with E-state index in [4.69, 9.17) is 9.47 Å². The Bertz CT molecular complexity index is 678. The fourth-order valence-corrected chi connectivity index (χ4v) is 2.71. The van der Waals surface area contributed by atoms with Crippen LogP contribution in [0, 0.1) is 0 Å². The first-order valence-corrected chi connectivity index (χ1v) is 8.09. The summed E-state index contributed by atoms with van der Waals surface area (Å²) in [6.07, 6.45) is -0.105. The number of amides is 2. The molecular weight excluding hydrogens is 342 g/mol. The van der Waals surface area contributed by atoms with E-state index in [2.05, 4.69) is 15.4 Å². The van der Waals surface area contributed by atoms with E-state index >= 15 is 0 Å². The lowest BCUT2D eigenvalue weighted by Crippen LogP contribution is -2.57. The molecule has 0 bridgehead atoms. The van der Waals surface area contributed by atoms with Crippen LogP contribution < -0.4 is 20.1 Å². The van der Waals surface area contributed by atoms with Crippen molar-refractivity contribution in [3.8, 4) is 11.5 Å². The van der Waals surface area contributed by atoms with E-state index < -0.39 is 12.0 Å². The molecule has 1 fully saturated rings. The summed E-state index contributed by atoms with van der Waals surface area (Å²) in [4.78, 5) is 37.6. The summed E-state index contributed by atoms with van der Waals surface area (Å²) in [6, 6.07) is 4.29. The standard InChI is InChI=1S/C17H23N3O6/c1-24-13-5-4-11(8-14(13)25-2)19-15(21)10-20-7-6-18-17(23)12(20)9-16(22)26-3/h4-5,8,12H,6-7,9-10H2,1-3H3,(H,18,23)(H,19,21)/t12-/m1/s1. The van der Waals surface area contributed by atoms with Gasteiger partial charge in [-0.2, -0.15) is 0 Å². The Morgan fingerprint density at radius 2 is 1.96 bits per heavy atom. The minimum absolute atomic E-state index is 0.0244. The largest absolute Gasteiger partial charge is 0.493 e. The van der Waals surface area contributed by atoms with Gasteiger partial charge in [-0.25, -0.2) is 0 Å². The van der Waals surface area contributed by atoms with Crippen molar-refractivity contribution in [1.82, 2.24) is 10.2 Å². The molecule has 2 rings (SSSR count). The lowest BCUT2D eigenvalue weighted by atomic mass is 10.1. The lowest BCUT2D eigenvalue weighted by Gasteiger charge is -2.33. The van der Waals surface area contributed by atoms with Crippen LogP contribution >= 0.6 is 0 Å². The van der Waals surface area contributed by atoms with E-state index in [1.54, 1.807) is 23.1 Å². The predicted molar refractivity (Wildman–Crippen MR) is 93.2 cm³/mol. The summed E-state index contributed by atoms with van der Waals surface area (Å²) in [5.41, 5.74) is 0.540. The summed E-state index contributed by atoms with van der Waals surface area (Å²) in [6.45, 7) is 0.857. The maximum Gasteiger partial charge on any atom is 0.307 e. The zero-order chi connectivity index (χ0) is 19.1. The summed E-state index contributed by atoms with van der Waals surface area (Å²) >= 11 is 0. The smallest absolute Gasteiger partial charge is 0.307 e. The van der Waals surface area contributed by atoms with Gasteiger partial charge in [0.15, 0.2) is 11.5 Å². The molecule has 0 aliphatic carbocycles. The van der Waals surface area contributed by atoms with Crippen LogP contribution in [0.15, 0.2) is 18.2 Å². The number of piperazine rings is 1. The molecule has 1 saturated heterocycles. The molecule has 1 aliphatic rings. The highest BCUT2D eigenvalue weighted by atomic mass is 16.5. The SMILES string of the molecule is COC(=O)C[C@@H]1C(=O)NCCN1CC(=O)Nc1ccc(OC)c(OC)c1. The van der Waals surface area contributed by atoms with Crippen LogP contribution in [0.4, 0.5) is 5.69 Å². The highest BCUT2D eigenvalue weighted by Gasteiger charge is 2.33. The second-order valence-electron chi connectivity index (χ2n) is 5.68. The van der Waals surface area contributed by atoms with Crippen molar-refractivity contribution in [3.63, 3.8) is 0 Å². The molecule has 142 valence electrons. The number of nitrogens with zero attached hydrogens (tertiary/aromatic N) is 1. The summed E-state index contributed by atoms with van der Waals surface area (Å²) in [7, 11) is 4.29. The number of nitrogens with one attached hydrogen (secondary N) is 2. The van der Waals surface area contributed by atoms with Crippen LogP contribution in [0.5, 0.6) is 11.5 Å². The molecule has 0 aromatic heterocycles. The molecule has 1 atom stereocenters. The summed E-state index contributed by atoms with van der Waals surface area (Å²) in [5.74, 6) is -0.0535. The van der Waals surface area contributed by atoms with Gasteiger partial charge in [0.25, 0.3) is 0 Å². The number of benzene rings is 1. The Kier molecular flexibility index (Phi) is 6.79. The maximum atomic E-state index is 12.4. The molecule has 26 heavy (non-hydrogen) atoms. The molecule has 9 heteroatoms. The number of carbonyl (C=O) groups excluding carboxylic acids is 3. The number of ether oxygens (including phenoxy) is 3. The van der Waals surface area contributed by atoms with Crippen molar-refractivity contribution in [3.05, 3.63) is 18.2 Å². The topological polar surface area (TPSA) is 106 Å². The highest BCUT2D eigenvalue weighted by molar-refractivity contribution is 5.94. The first-order chi connectivity index (χ1) is 12.5. The van der Waals surface area contributed by atoms with Gasteiger partial charge in [-0.15, -0.1) is 0 Å². The van der Waals surface area contributed by atoms with Crippen LogP contribution in [0.25, 0.3) is 0 Å². The van der Waals surface area contributed by atoms with Crippen molar-refractivity contribution >= 4 is 23.5 Å². The van der Waals surface area contributed by atoms with Gasteiger partial charge in [0.1, 0.15) is 6.04 Å². The molecule has 2 N–H and O–H groups in total. The Labute approximate surface area is 151 Å².